The van der Waals surface area contributed by atoms with Crippen LogP contribution in [0.2, 0.25) is 0 Å². The molecule has 1 aliphatic rings. The predicted octanol–water partition coefficient (Wildman–Crippen LogP) is 0.883. The number of nitrogens with one attached hydrogen (secondary N) is 1. The fraction of sp³-hybridized carbons (Fsp3) is 0.462. The Morgan fingerprint density at radius 3 is 2.88 bits per heavy atom. The lowest BCUT2D eigenvalue weighted by molar-refractivity contribution is -0.136. The van der Waals surface area contributed by atoms with Gasteiger partial charge in [0.25, 0.3) is 0 Å². The van der Waals surface area contributed by atoms with Gasteiger partial charge in [-0.2, -0.15) is 0 Å². The van der Waals surface area contributed by atoms with Gasteiger partial charge in [-0.05, 0) is 36.0 Å². The highest BCUT2D eigenvalue weighted by Gasteiger charge is 2.14. The average molecular weight is 235 g/mol. The summed E-state index contributed by atoms with van der Waals surface area (Å²) in [5, 5.41) is 21.1. The number of aliphatic hydroxyl groups excluding tert-OH is 1. The molecular weight excluding hydrogens is 218 g/mol. The summed E-state index contributed by atoms with van der Waals surface area (Å²) in [5.74, 6) is -0.911. The Labute approximate surface area is 100 Å². The van der Waals surface area contributed by atoms with Gasteiger partial charge in [0.15, 0.2) is 0 Å². The number of carboxylic acid groups (broad SMARTS) is 1. The SMILES string of the molecule is O=C(O)CNCC(O)c1ccc2c(c1)CCC2. The molecule has 0 bridgehead atoms. The molecule has 0 spiro atoms. The molecule has 0 saturated carbocycles. The van der Waals surface area contributed by atoms with E-state index in [4.69, 9.17) is 5.11 Å². The highest BCUT2D eigenvalue weighted by atomic mass is 16.4. The van der Waals surface area contributed by atoms with E-state index in [-0.39, 0.29) is 13.1 Å². The lowest BCUT2D eigenvalue weighted by atomic mass is 10.0. The number of aliphatic carboxylic acids is 1. The molecule has 0 radical (unpaired) electrons. The van der Waals surface area contributed by atoms with Crippen molar-refractivity contribution < 1.29 is 15.0 Å². The third-order valence-corrected chi connectivity index (χ3v) is 3.12. The van der Waals surface area contributed by atoms with Crippen LogP contribution in [0.15, 0.2) is 18.2 Å². The van der Waals surface area contributed by atoms with Crippen LogP contribution in [0.4, 0.5) is 0 Å². The van der Waals surface area contributed by atoms with Crippen LogP contribution in [0.25, 0.3) is 0 Å². The maximum absolute atomic E-state index is 10.3. The fourth-order valence-electron chi connectivity index (χ4n) is 2.23. The van der Waals surface area contributed by atoms with Gasteiger partial charge in [-0.25, -0.2) is 0 Å². The van der Waals surface area contributed by atoms with Crippen molar-refractivity contribution in [1.82, 2.24) is 5.32 Å². The van der Waals surface area contributed by atoms with Gasteiger partial charge in [-0.3, -0.25) is 4.79 Å². The van der Waals surface area contributed by atoms with E-state index in [0.717, 1.165) is 18.4 Å². The second-order valence-corrected chi connectivity index (χ2v) is 4.42. The summed E-state index contributed by atoms with van der Waals surface area (Å²) in [7, 11) is 0. The van der Waals surface area contributed by atoms with E-state index in [2.05, 4.69) is 11.4 Å². The van der Waals surface area contributed by atoms with E-state index in [1.165, 1.54) is 17.5 Å². The van der Waals surface area contributed by atoms with Crippen molar-refractivity contribution >= 4 is 5.97 Å². The van der Waals surface area contributed by atoms with Crippen LogP contribution >= 0.6 is 0 Å². The molecular formula is C13H17NO3. The molecule has 92 valence electrons. The van der Waals surface area contributed by atoms with Crippen molar-refractivity contribution in [3.8, 4) is 0 Å². The second-order valence-electron chi connectivity index (χ2n) is 4.42. The Hall–Kier alpha value is -1.39. The number of aryl methyl sites for hydroxylation is 2. The molecule has 1 aromatic carbocycles. The maximum Gasteiger partial charge on any atom is 0.317 e. The standard InChI is InChI=1S/C13H17NO3/c15-12(7-14-8-13(16)17)11-5-4-9-2-1-3-10(9)6-11/h4-6,12,14-15H,1-3,7-8H2,(H,16,17). The van der Waals surface area contributed by atoms with Crippen molar-refractivity contribution in [3.63, 3.8) is 0 Å². The smallest absolute Gasteiger partial charge is 0.317 e. The Bertz CT molecular complexity index is 417. The van der Waals surface area contributed by atoms with Crippen LogP contribution in [0.5, 0.6) is 0 Å². The van der Waals surface area contributed by atoms with Crippen molar-refractivity contribution in [2.75, 3.05) is 13.1 Å². The topological polar surface area (TPSA) is 69.6 Å². The van der Waals surface area contributed by atoms with Gasteiger partial charge in [0.05, 0.1) is 12.6 Å². The van der Waals surface area contributed by atoms with E-state index >= 15 is 0 Å². The maximum atomic E-state index is 10.3. The molecule has 0 aliphatic heterocycles. The molecule has 0 heterocycles. The van der Waals surface area contributed by atoms with Gasteiger partial charge in [-0.15, -0.1) is 0 Å². The summed E-state index contributed by atoms with van der Waals surface area (Å²) in [5.41, 5.74) is 3.56. The van der Waals surface area contributed by atoms with E-state index in [1.807, 2.05) is 12.1 Å². The Morgan fingerprint density at radius 2 is 2.12 bits per heavy atom. The first-order valence-corrected chi connectivity index (χ1v) is 5.89. The van der Waals surface area contributed by atoms with Crippen LogP contribution in [0.1, 0.15) is 29.2 Å². The molecule has 2 rings (SSSR count). The number of hydrogen-bond donors (Lipinski definition) is 3. The van der Waals surface area contributed by atoms with Crippen LogP contribution in [-0.4, -0.2) is 29.3 Å². The lowest BCUT2D eigenvalue weighted by Gasteiger charge is -2.12. The van der Waals surface area contributed by atoms with Crippen LogP contribution < -0.4 is 5.32 Å². The monoisotopic (exact) mass is 235 g/mol. The summed E-state index contributed by atoms with van der Waals surface area (Å²) in [6.07, 6.45) is 2.76. The molecule has 0 amide bonds. The first kappa shape index (κ1) is 12.1. The summed E-state index contributed by atoms with van der Waals surface area (Å²) in [6, 6.07) is 6.03. The Kier molecular flexibility index (Phi) is 3.76. The van der Waals surface area contributed by atoms with Crippen molar-refractivity contribution in [2.24, 2.45) is 0 Å². The summed E-state index contributed by atoms with van der Waals surface area (Å²) >= 11 is 0. The Balaban J connectivity index is 1.95. The van der Waals surface area contributed by atoms with Gasteiger partial charge >= 0.3 is 5.97 Å². The Morgan fingerprint density at radius 1 is 1.35 bits per heavy atom. The highest BCUT2D eigenvalue weighted by Crippen LogP contribution is 2.25. The van der Waals surface area contributed by atoms with Crippen LogP contribution in [-0.2, 0) is 17.6 Å². The molecule has 1 unspecified atom stereocenters. The zero-order valence-corrected chi connectivity index (χ0v) is 9.65. The van der Waals surface area contributed by atoms with Gasteiger partial charge in [-0.1, -0.05) is 18.2 Å². The first-order chi connectivity index (χ1) is 8.16. The molecule has 4 heteroatoms. The number of carboxylic acids is 1. The molecule has 3 N–H and O–H groups in total. The minimum absolute atomic E-state index is 0.123. The molecule has 4 nitrogen and oxygen atoms in total. The van der Waals surface area contributed by atoms with E-state index in [1.54, 1.807) is 0 Å². The zero-order valence-electron chi connectivity index (χ0n) is 9.65. The third kappa shape index (κ3) is 3.05. The molecule has 0 fully saturated rings. The van der Waals surface area contributed by atoms with E-state index < -0.39 is 12.1 Å². The van der Waals surface area contributed by atoms with Crippen molar-refractivity contribution in [1.29, 1.82) is 0 Å². The average Bonchev–Trinajstić information content (AvgIpc) is 2.75. The van der Waals surface area contributed by atoms with E-state index in [0.29, 0.717) is 0 Å². The molecule has 17 heavy (non-hydrogen) atoms. The van der Waals surface area contributed by atoms with Gasteiger partial charge in [0.1, 0.15) is 0 Å². The van der Waals surface area contributed by atoms with Gasteiger partial charge in [0.2, 0.25) is 0 Å². The lowest BCUT2D eigenvalue weighted by Crippen LogP contribution is -2.27. The molecule has 1 aliphatic carbocycles. The first-order valence-electron chi connectivity index (χ1n) is 5.89. The third-order valence-electron chi connectivity index (χ3n) is 3.12. The predicted molar refractivity (Wildman–Crippen MR) is 63.9 cm³/mol. The normalized spacial score (nSPS) is 15.6. The van der Waals surface area contributed by atoms with Crippen LogP contribution in [0, 0.1) is 0 Å². The zero-order chi connectivity index (χ0) is 12.3. The molecule has 0 saturated heterocycles. The molecule has 0 aromatic heterocycles. The summed E-state index contributed by atoms with van der Waals surface area (Å²) in [4.78, 5) is 10.3. The number of fused-ring (bicyclic) bond motifs is 1. The number of hydrogen-bond acceptors (Lipinski definition) is 3. The van der Waals surface area contributed by atoms with Crippen molar-refractivity contribution in [3.05, 3.63) is 34.9 Å². The second kappa shape index (κ2) is 5.29. The van der Waals surface area contributed by atoms with Crippen molar-refractivity contribution in [2.45, 2.75) is 25.4 Å². The molecule has 1 aromatic rings. The largest absolute Gasteiger partial charge is 0.480 e. The van der Waals surface area contributed by atoms with Gasteiger partial charge in [0, 0.05) is 6.54 Å². The summed E-state index contributed by atoms with van der Waals surface area (Å²) in [6.45, 7) is 0.146. The number of aliphatic hydroxyl groups is 1. The fourth-order valence-corrected chi connectivity index (χ4v) is 2.23. The number of rotatable bonds is 5. The highest BCUT2D eigenvalue weighted by molar-refractivity contribution is 5.68. The number of benzene rings is 1. The quantitative estimate of drug-likeness (QED) is 0.708. The molecule has 1 atom stereocenters. The minimum Gasteiger partial charge on any atom is -0.480 e. The van der Waals surface area contributed by atoms with Crippen LogP contribution in [0.3, 0.4) is 0 Å². The minimum atomic E-state index is -0.911. The van der Waals surface area contributed by atoms with E-state index in [9.17, 15) is 9.90 Å². The number of carbonyl (C=O) groups is 1. The van der Waals surface area contributed by atoms with Gasteiger partial charge < -0.3 is 15.5 Å². The summed E-state index contributed by atoms with van der Waals surface area (Å²) < 4.78 is 0.